The number of hydrogen-bond donors (Lipinski definition) is 0. The Morgan fingerprint density at radius 3 is 0.522 bits per heavy atom. The van der Waals surface area contributed by atoms with Crippen LogP contribution in [0.25, 0.3) is 0 Å². The molecule has 5 aromatic rings. The van der Waals surface area contributed by atoms with Crippen molar-refractivity contribution in [2.24, 2.45) is 0 Å². The topological polar surface area (TPSA) is 92.3 Å². The van der Waals surface area contributed by atoms with Crippen molar-refractivity contribution in [2.75, 3.05) is 100 Å². The van der Waals surface area contributed by atoms with Gasteiger partial charge in [0.05, 0.1) is 68.1 Å². The summed E-state index contributed by atoms with van der Waals surface area (Å²) in [5.41, 5.74) is 9.32. The Morgan fingerprint density at radius 1 is 0.254 bits per heavy atom. The van der Waals surface area contributed by atoms with Gasteiger partial charge in [-0.05, 0) is 60.7 Å². The first-order chi connectivity index (χ1) is 32.7. The summed E-state index contributed by atoms with van der Waals surface area (Å²) in [5.74, 6) is 7.27. The molecule has 0 saturated heterocycles. The highest BCUT2D eigenvalue weighted by molar-refractivity contribution is 9.10. The summed E-state index contributed by atoms with van der Waals surface area (Å²) in [5, 5.41) is 3.92. The van der Waals surface area contributed by atoms with E-state index in [-0.39, 0.29) is 0 Å². The number of ether oxygens (including phenoxy) is 10. The van der Waals surface area contributed by atoms with E-state index in [1.54, 1.807) is 28.4 Å². The van der Waals surface area contributed by atoms with Gasteiger partial charge >= 0.3 is 0 Å². The van der Waals surface area contributed by atoms with E-state index < -0.39 is 0 Å². The molecule has 10 aliphatic carbocycles. The Hall–Kier alpha value is -3.02. The monoisotopic (exact) mass is 1300 g/mol. The van der Waals surface area contributed by atoms with E-state index in [0.717, 1.165) is 90.1 Å². The standard InChI is InChI=1S/C51H56Br6O10/c1-58-42-24-34-19-38-28-50(66-15-9-56)40(30-48(38)64-13-7-54)21-41-31-49(65-14-8-55)39(29-51(41)67-16-10-57)20-35-25-43(59-2)33(23-45(35)61-4)18-37-27-46(62-11-5-52)36(26-47(37)63-12-6-53)17-32(42)22-44(34)60-3/h22-31H,5-21H2,1-4H3. The van der Waals surface area contributed by atoms with Crippen LogP contribution in [-0.4, -0.2) is 100 Å². The lowest BCUT2D eigenvalue weighted by Gasteiger charge is -2.21. The van der Waals surface area contributed by atoms with Crippen molar-refractivity contribution in [3.8, 4) is 57.5 Å². The van der Waals surface area contributed by atoms with Gasteiger partial charge in [-0.3, -0.25) is 0 Å². The third kappa shape index (κ3) is 14.1. The number of halogens is 6. The molecule has 0 radical (unpaired) electrons. The fourth-order valence-electron chi connectivity index (χ4n) is 8.09. The molecule has 15 rings (SSSR count). The van der Waals surface area contributed by atoms with Gasteiger partial charge in [-0.25, -0.2) is 0 Å². The minimum Gasteiger partial charge on any atom is -0.496 e. The Balaban J connectivity index is 1.66. The molecule has 10 nitrogen and oxygen atoms in total. The molecular weight excluding hydrogens is 1250 g/mol. The van der Waals surface area contributed by atoms with Crippen LogP contribution in [0.15, 0.2) is 60.7 Å². The first kappa shape index (κ1) is 53.3. The smallest absolute Gasteiger partial charge is 0.123 e. The molecule has 0 unspecified atom stereocenters. The van der Waals surface area contributed by atoms with E-state index in [9.17, 15) is 0 Å². The lowest BCUT2D eigenvalue weighted by Crippen LogP contribution is -2.09. The van der Waals surface area contributed by atoms with Gasteiger partial charge in [-0.2, -0.15) is 0 Å². The number of benzene rings is 5. The molecule has 0 N–H and O–H groups in total. The van der Waals surface area contributed by atoms with Gasteiger partial charge in [0.25, 0.3) is 0 Å². The predicted molar refractivity (Wildman–Crippen MR) is 288 cm³/mol. The van der Waals surface area contributed by atoms with Gasteiger partial charge < -0.3 is 47.4 Å². The third-order valence-electron chi connectivity index (χ3n) is 11.0. The van der Waals surface area contributed by atoms with Gasteiger partial charge in [-0.1, -0.05) is 95.6 Å². The average Bonchev–Trinajstić information content (AvgIpc) is 3.34. The maximum atomic E-state index is 6.53. The number of methoxy groups -OCH3 is 4. The normalized spacial score (nSPS) is 12.1. The average molecular weight is 1310 g/mol. The summed E-state index contributed by atoms with van der Waals surface area (Å²) in [7, 11) is 6.78. The van der Waals surface area contributed by atoms with Gasteiger partial charge in [0, 0.05) is 120 Å². The molecule has 10 bridgehead atoms. The Kier molecular flexibility index (Phi) is 21.8. The number of hydrogen-bond acceptors (Lipinski definition) is 10. The largest absolute Gasteiger partial charge is 0.496 e. The van der Waals surface area contributed by atoms with E-state index in [4.69, 9.17) is 47.4 Å². The fraction of sp³-hybridized carbons (Fsp3) is 0.412. The fourth-order valence-corrected chi connectivity index (χ4v) is 9.06. The van der Waals surface area contributed by atoms with E-state index in [2.05, 4.69) is 156 Å². The third-order valence-corrected chi connectivity index (χ3v) is 13.0. The zero-order chi connectivity index (χ0) is 47.7. The van der Waals surface area contributed by atoms with Crippen molar-refractivity contribution in [1.29, 1.82) is 0 Å². The van der Waals surface area contributed by atoms with Gasteiger partial charge in [0.15, 0.2) is 0 Å². The second kappa shape index (κ2) is 27.4. The van der Waals surface area contributed by atoms with Crippen molar-refractivity contribution in [1.82, 2.24) is 0 Å². The maximum absolute atomic E-state index is 6.53. The summed E-state index contributed by atoms with van der Waals surface area (Å²) in [6, 6.07) is 20.7. The lowest BCUT2D eigenvalue weighted by atomic mass is 9.94. The molecule has 0 fully saturated rings. The van der Waals surface area contributed by atoms with E-state index in [1.165, 1.54) is 0 Å². The van der Waals surface area contributed by atoms with Crippen LogP contribution in [-0.2, 0) is 32.1 Å². The SMILES string of the molecule is COc1cc2c(OC)cc1Cc1cc(OCCBr)c(cc1OCCBr)Cc1cc(OC)c(cc1OC)Cc1cc(OCCBr)c(cc1OCCBr)Cc1cc(OCCBr)c(cc1OCCBr)C2. The second-order valence-corrected chi connectivity index (χ2v) is 20.0. The van der Waals surface area contributed by atoms with Crippen molar-refractivity contribution in [2.45, 2.75) is 32.1 Å². The molecule has 0 aliphatic heterocycles. The van der Waals surface area contributed by atoms with Gasteiger partial charge in [0.2, 0.25) is 0 Å². The molecule has 0 saturated carbocycles. The molecule has 0 atom stereocenters. The highest BCUT2D eigenvalue weighted by atomic mass is 79.9. The quantitative estimate of drug-likeness (QED) is 0.0612. The van der Waals surface area contributed by atoms with E-state index in [0.29, 0.717) is 127 Å². The first-order valence-electron chi connectivity index (χ1n) is 21.8. The van der Waals surface area contributed by atoms with E-state index >= 15 is 0 Å². The highest BCUT2D eigenvalue weighted by Crippen LogP contribution is 2.43. The van der Waals surface area contributed by atoms with Crippen molar-refractivity contribution in [3.05, 3.63) is 116 Å². The highest BCUT2D eigenvalue weighted by Gasteiger charge is 2.24. The van der Waals surface area contributed by atoms with Crippen LogP contribution in [0.5, 0.6) is 57.5 Å². The molecule has 10 aliphatic rings. The molecule has 0 spiro atoms. The summed E-state index contributed by atoms with van der Waals surface area (Å²) in [4.78, 5) is 0. The number of alkyl halides is 6. The Morgan fingerprint density at radius 2 is 0.388 bits per heavy atom. The summed E-state index contributed by atoms with van der Waals surface area (Å²) in [6.07, 6.45) is 2.40. The van der Waals surface area contributed by atoms with Crippen LogP contribution < -0.4 is 47.4 Å². The predicted octanol–water partition coefficient (Wildman–Crippen LogP) is 12.6. The summed E-state index contributed by atoms with van der Waals surface area (Å²) < 4.78 is 63.7. The molecule has 67 heavy (non-hydrogen) atoms. The van der Waals surface area contributed by atoms with Crippen LogP contribution in [0, 0.1) is 0 Å². The second-order valence-electron chi connectivity index (χ2n) is 15.3. The minimum absolute atomic E-state index is 0.459. The van der Waals surface area contributed by atoms with Crippen LogP contribution >= 0.6 is 95.6 Å². The van der Waals surface area contributed by atoms with Crippen molar-refractivity contribution in [3.63, 3.8) is 0 Å². The van der Waals surface area contributed by atoms with Crippen molar-refractivity contribution >= 4 is 95.6 Å². The van der Waals surface area contributed by atoms with Crippen molar-refractivity contribution < 1.29 is 47.4 Å². The van der Waals surface area contributed by atoms with Gasteiger partial charge in [0.1, 0.15) is 57.5 Å². The zero-order valence-corrected chi connectivity index (χ0v) is 47.7. The van der Waals surface area contributed by atoms with Crippen LogP contribution in [0.3, 0.4) is 0 Å². The molecule has 5 aromatic carbocycles. The Labute approximate surface area is 445 Å². The molecule has 0 heterocycles. The lowest BCUT2D eigenvalue weighted by molar-refractivity contribution is 0.326. The minimum atomic E-state index is 0.459. The zero-order valence-electron chi connectivity index (χ0n) is 38.1. The molecule has 0 aromatic heterocycles. The molecule has 16 heteroatoms. The van der Waals surface area contributed by atoms with Crippen LogP contribution in [0.2, 0.25) is 0 Å². The Bertz CT molecular complexity index is 2250. The summed E-state index contributed by atoms with van der Waals surface area (Å²) in [6.45, 7) is 2.76. The van der Waals surface area contributed by atoms with Gasteiger partial charge in [-0.15, -0.1) is 0 Å². The molecular formula is C51H56Br6O10. The summed E-state index contributed by atoms with van der Waals surface area (Å²) >= 11 is 21.5. The van der Waals surface area contributed by atoms with Crippen LogP contribution in [0.1, 0.15) is 55.6 Å². The molecule has 362 valence electrons. The first-order valence-corrected chi connectivity index (χ1v) is 28.5. The number of rotatable bonds is 22. The maximum Gasteiger partial charge on any atom is 0.123 e. The van der Waals surface area contributed by atoms with Crippen LogP contribution in [0.4, 0.5) is 0 Å². The van der Waals surface area contributed by atoms with E-state index in [1.807, 2.05) is 0 Å². The molecule has 0 amide bonds.